The van der Waals surface area contributed by atoms with E-state index in [9.17, 15) is 0 Å². The van der Waals surface area contributed by atoms with Gasteiger partial charge in [-0.3, -0.25) is 0 Å². The molecule has 3 heteroatoms. The molecule has 5 rings (SSSR count). The van der Waals surface area contributed by atoms with E-state index < -0.39 is 0 Å². The highest BCUT2D eigenvalue weighted by molar-refractivity contribution is 5.65. The van der Waals surface area contributed by atoms with Crippen LogP contribution in [0.25, 0.3) is 11.1 Å². The summed E-state index contributed by atoms with van der Waals surface area (Å²) in [7, 11) is 0. The number of benzene rings is 2. The summed E-state index contributed by atoms with van der Waals surface area (Å²) in [6.45, 7) is 0.962. The number of fused-ring (bicyclic) bond motifs is 1. The van der Waals surface area contributed by atoms with Gasteiger partial charge in [-0.15, -0.1) is 0 Å². The van der Waals surface area contributed by atoms with Gasteiger partial charge in [-0.2, -0.15) is 10.2 Å². The molecule has 1 aromatic heterocycles. The highest BCUT2D eigenvalue weighted by atomic mass is 15.1. The monoisotopic (exact) mass is 397 g/mol. The largest absolute Gasteiger partial charge is 0.310 e. The number of rotatable bonds is 6. The van der Waals surface area contributed by atoms with Crippen LogP contribution in [0.15, 0.2) is 54.7 Å². The first-order chi connectivity index (χ1) is 14.8. The number of hydrogen-bond donors (Lipinski definition) is 1. The molecule has 0 aliphatic heterocycles. The van der Waals surface area contributed by atoms with Crippen LogP contribution in [0.1, 0.15) is 66.5 Å². The number of nitrogens with one attached hydrogen (secondary N) is 1. The molecule has 0 radical (unpaired) electrons. The molecule has 154 valence electrons. The molecular weight excluding hydrogens is 366 g/mol. The van der Waals surface area contributed by atoms with Crippen molar-refractivity contribution in [2.45, 2.75) is 70.4 Å². The van der Waals surface area contributed by atoms with Crippen molar-refractivity contribution in [2.75, 3.05) is 0 Å². The average Bonchev–Trinajstić information content (AvgIpc) is 3.32. The van der Waals surface area contributed by atoms with Crippen LogP contribution in [-0.4, -0.2) is 16.2 Å². The van der Waals surface area contributed by atoms with Gasteiger partial charge in [-0.1, -0.05) is 55.3 Å². The van der Waals surface area contributed by atoms with Gasteiger partial charge in [0.15, 0.2) is 0 Å². The lowest BCUT2D eigenvalue weighted by Crippen LogP contribution is -2.25. The Bertz CT molecular complexity index is 1000. The second kappa shape index (κ2) is 9.09. The fraction of sp³-hybridized carbons (Fsp3) is 0.407. The van der Waals surface area contributed by atoms with Crippen molar-refractivity contribution >= 4 is 0 Å². The summed E-state index contributed by atoms with van der Waals surface area (Å²) in [5.41, 5.74) is 9.28. The Morgan fingerprint density at radius 1 is 0.833 bits per heavy atom. The molecular formula is C27H31N3. The SMILES string of the molecule is c1cc(CNC2CCCC2)cc(-c2cccc(Cc3nncc4c3CCCC4)c2)c1. The zero-order valence-electron chi connectivity index (χ0n) is 17.7. The Hall–Kier alpha value is -2.52. The van der Waals surface area contributed by atoms with Crippen molar-refractivity contribution in [3.63, 3.8) is 0 Å². The van der Waals surface area contributed by atoms with E-state index in [1.165, 1.54) is 77.6 Å². The Morgan fingerprint density at radius 3 is 2.40 bits per heavy atom. The predicted molar refractivity (Wildman–Crippen MR) is 122 cm³/mol. The number of hydrogen-bond acceptors (Lipinski definition) is 3. The van der Waals surface area contributed by atoms with Gasteiger partial charge in [0, 0.05) is 19.0 Å². The quantitative estimate of drug-likeness (QED) is 0.584. The lowest BCUT2D eigenvalue weighted by molar-refractivity contribution is 0.524. The minimum Gasteiger partial charge on any atom is -0.310 e. The zero-order chi connectivity index (χ0) is 20.2. The van der Waals surface area contributed by atoms with Crippen LogP contribution < -0.4 is 5.32 Å². The molecule has 0 bridgehead atoms. The van der Waals surface area contributed by atoms with E-state index in [-0.39, 0.29) is 0 Å². The highest BCUT2D eigenvalue weighted by Crippen LogP contribution is 2.26. The summed E-state index contributed by atoms with van der Waals surface area (Å²) in [5, 5.41) is 12.5. The number of nitrogens with zero attached hydrogens (tertiary/aromatic N) is 2. The molecule has 1 heterocycles. The lowest BCUT2D eigenvalue weighted by Gasteiger charge is -2.17. The van der Waals surface area contributed by atoms with E-state index in [4.69, 9.17) is 0 Å². The summed E-state index contributed by atoms with van der Waals surface area (Å²) < 4.78 is 0. The molecule has 1 fully saturated rings. The van der Waals surface area contributed by atoms with Crippen LogP contribution in [0.3, 0.4) is 0 Å². The fourth-order valence-corrected chi connectivity index (χ4v) is 5.08. The normalized spacial score (nSPS) is 16.5. The summed E-state index contributed by atoms with van der Waals surface area (Å²) >= 11 is 0. The topological polar surface area (TPSA) is 37.8 Å². The second-order valence-corrected chi connectivity index (χ2v) is 8.94. The average molecular weight is 398 g/mol. The number of aryl methyl sites for hydroxylation is 1. The molecule has 3 aromatic rings. The Kier molecular flexibility index (Phi) is 5.89. The smallest absolute Gasteiger partial charge is 0.0709 e. The van der Waals surface area contributed by atoms with Gasteiger partial charge in [-0.25, -0.2) is 0 Å². The van der Waals surface area contributed by atoms with Crippen LogP contribution in [0.2, 0.25) is 0 Å². The van der Waals surface area contributed by atoms with E-state index >= 15 is 0 Å². The minimum atomic E-state index is 0.704. The van der Waals surface area contributed by atoms with E-state index in [0.29, 0.717) is 6.04 Å². The Morgan fingerprint density at radius 2 is 1.57 bits per heavy atom. The van der Waals surface area contributed by atoms with Crippen LogP contribution in [0, 0.1) is 0 Å². The maximum Gasteiger partial charge on any atom is 0.0709 e. The van der Waals surface area contributed by atoms with Crippen LogP contribution in [0.5, 0.6) is 0 Å². The fourth-order valence-electron chi connectivity index (χ4n) is 5.08. The van der Waals surface area contributed by atoms with Gasteiger partial charge >= 0.3 is 0 Å². The van der Waals surface area contributed by atoms with Crippen LogP contribution in [0.4, 0.5) is 0 Å². The van der Waals surface area contributed by atoms with Gasteiger partial charge < -0.3 is 5.32 Å². The summed E-state index contributed by atoms with van der Waals surface area (Å²) in [4.78, 5) is 0. The molecule has 0 spiro atoms. The molecule has 0 amide bonds. The first-order valence-electron chi connectivity index (χ1n) is 11.6. The predicted octanol–water partition coefficient (Wildman–Crippen LogP) is 5.65. The molecule has 0 unspecified atom stereocenters. The third-order valence-electron chi connectivity index (χ3n) is 6.76. The second-order valence-electron chi connectivity index (χ2n) is 8.94. The molecule has 0 saturated heterocycles. The molecule has 30 heavy (non-hydrogen) atoms. The standard InChI is InChI=1S/C27H31N3/c1-4-14-26-24(9-1)19-29-30-27(26)17-20-7-5-10-22(15-20)23-11-6-8-21(16-23)18-28-25-12-2-3-13-25/h5-8,10-11,15-16,19,25,28H,1-4,9,12-14,17-18H2. The van der Waals surface area contributed by atoms with E-state index in [2.05, 4.69) is 64.0 Å². The highest BCUT2D eigenvalue weighted by Gasteiger charge is 2.16. The van der Waals surface area contributed by atoms with Crippen molar-refractivity contribution in [1.82, 2.24) is 15.5 Å². The molecule has 1 saturated carbocycles. The third kappa shape index (κ3) is 4.46. The Labute approximate surface area is 180 Å². The first kappa shape index (κ1) is 19.4. The van der Waals surface area contributed by atoms with E-state index in [1.807, 2.05) is 6.20 Å². The van der Waals surface area contributed by atoms with Gasteiger partial charge in [0.1, 0.15) is 0 Å². The van der Waals surface area contributed by atoms with E-state index in [0.717, 1.165) is 25.8 Å². The van der Waals surface area contributed by atoms with Crippen LogP contribution >= 0.6 is 0 Å². The van der Waals surface area contributed by atoms with Crippen molar-refractivity contribution in [2.24, 2.45) is 0 Å². The van der Waals surface area contributed by atoms with E-state index in [1.54, 1.807) is 0 Å². The molecule has 3 nitrogen and oxygen atoms in total. The van der Waals surface area contributed by atoms with Gasteiger partial charge in [0.25, 0.3) is 0 Å². The third-order valence-corrected chi connectivity index (χ3v) is 6.76. The maximum absolute atomic E-state index is 4.51. The first-order valence-corrected chi connectivity index (χ1v) is 11.6. The molecule has 1 N–H and O–H groups in total. The van der Waals surface area contributed by atoms with Gasteiger partial charge in [0.2, 0.25) is 0 Å². The maximum atomic E-state index is 4.51. The van der Waals surface area contributed by atoms with Crippen molar-refractivity contribution in [3.8, 4) is 11.1 Å². The molecule has 2 aliphatic rings. The minimum absolute atomic E-state index is 0.704. The zero-order valence-corrected chi connectivity index (χ0v) is 17.7. The summed E-state index contributed by atoms with van der Waals surface area (Å²) in [5.74, 6) is 0. The Balaban J connectivity index is 1.33. The van der Waals surface area contributed by atoms with Crippen molar-refractivity contribution in [1.29, 1.82) is 0 Å². The molecule has 2 aromatic carbocycles. The van der Waals surface area contributed by atoms with Crippen LogP contribution in [-0.2, 0) is 25.8 Å². The van der Waals surface area contributed by atoms with Gasteiger partial charge in [0.05, 0.1) is 11.9 Å². The van der Waals surface area contributed by atoms with Crippen molar-refractivity contribution in [3.05, 3.63) is 82.7 Å². The summed E-state index contributed by atoms with van der Waals surface area (Å²) in [6.07, 6.45) is 13.1. The summed E-state index contributed by atoms with van der Waals surface area (Å²) in [6, 6.07) is 18.6. The molecule has 2 aliphatic carbocycles. The van der Waals surface area contributed by atoms with Gasteiger partial charge in [-0.05, 0) is 78.0 Å². The number of aromatic nitrogens is 2. The lowest BCUT2D eigenvalue weighted by atomic mass is 9.90. The van der Waals surface area contributed by atoms with Crippen molar-refractivity contribution < 1.29 is 0 Å². The molecule has 0 atom stereocenters.